The zero-order chi connectivity index (χ0) is 50.5. The minimum Gasteiger partial charge on any atom is -0.310 e. The lowest BCUT2D eigenvalue weighted by Gasteiger charge is -2.29. The molecule has 0 N–H and O–H groups in total. The lowest BCUT2D eigenvalue weighted by molar-refractivity contribution is 1.21. The van der Waals surface area contributed by atoms with E-state index >= 15 is 0 Å². The SMILES string of the molecule is Cc1ccc(N(c2ccc(-c3ccc(N(c4ccc5sc6ccc(C)cc6c5c4)c4ccc(C)cc4C)cc3)cc2)c2ccc(-c3ccc(N(c4ccc(C)cc4C)c4ccc(C)cc4C)cc3)cc2)c(C)c1. The summed E-state index contributed by atoms with van der Waals surface area (Å²) < 4.78 is 2.63. The van der Waals surface area contributed by atoms with Gasteiger partial charge >= 0.3 is 0 Å². The number of benzene rings is 10. The lowest BCUT2D eigenvalue weighted by Crippen LogP contribution is -2.13. The first-order chi connectivity index (χ1) is 35.3. The number of hydrogen-bond acceptors (Lipinski definition) is 4. The molecule has 0 saturated carbocycles. The van der Waals surface area contributed by atoms with Gasteiger partial charge in [0, 0.05) is 71.4 Å². The number of rotatable bonds is 11. The molecule has 0 atom stereocenters. The molecule has 0 bridgehead atoms. The smallest absolute Gasteiger partial charge is 0.0491 e. The van der Waals surface area contributed by atoms with Crippen LogP contribution in [0.4, 0.5) is 51.2 Å². The standard InChI is InChI=1S/C69H61N3S/c1-44-10-32-64(49(6)38-44)70(58-25-17-54(18-26-58)56-21-29-60(30-22-56)72(66-34-12-46(3)40-51(66)8)67-35-13-47(4)41-52(67)9)57-23-15-53(16-24-57)55-19-27-59(28-20-55)71(65-33-11-45(2)39-50(65)7)61-31-37-69-63(43-61)62-42-48(5)14-36-68(62)73-69/h10-43H,1-9H3. The average molecular weight is 964 g/mol. The molecule has 73 heavy (non-hydrogen) atoms. The van der Waals surface area contributed by atoms with Gasteiger partial charge in [-0.15, -0.1) is 11.3 Å². The normalized spacial score (nSPS) is 11.4. The van der Waals surface area contributed by atoms with Gasteiger partial charge < -0.3 is 14.7 Å². The van der Waals surface area contributed by atoms with Crippen molar-refractivity contribution in [3.63, 3.8) is 0 Å². The van der Waals surface area contributed by atoms with E-state index in [2.05, 4.69) is 283 Å². The van der Waals surface area contributed by atoms with Gasteiger partial charge in [-0.3, -0.25) is 0 Å². The molecule has 1 aromatic heterocycles. The fourth-order valence-corrected chi connectivity index (χ4v) is 11.8. The molecule has 11 aromatic rings. The second-order valence-corrected chi connectivity index (χ2v) is 21.2. The molecule has 1 heterocycles. The maximum Gasteiger partial charge on any atom is 0.0491 e. The molecule has 3 nitrogen and oxygen atoms in total. The summed E-state index contributed by atoms with van der Waals surface area (Å²) >= 11 is 1.87. The van der Waals surface area contributed by atoms with Crippen LogP contribution in [0.1, 0.15) is 50.1 Å². The van der Waals surface area contributed by atoms with E-state index in [4.69, 9.17) is 0 Å². The van der Waals surface area contributed by atoms with Crippen molar-refractivity contribution in [2.75, 3.05) is 14.7 Å². The van der Waals surface area contributed by atoms with E-state index in [1.807, 2.05) is 11.3 Å². The Kier molecular flexibility index (Phi) is 12.6. The maximum atomic E-state index is 2.41. The third-order valence-corrected chi connectivity index (χ3v) is 15.6. The van der Waals surface area contributed by atoms with Crippen LogP contribution < -0.4 is 14.7 Å². The van der Waals surface area contributed by atoms with Crippen molar-refractivity contribution in [2.45, 2.75) is 62.3 Å². The molecular weight excluding hydrogens is 903 g/mol. The molecule has 0 unspecified atom stereocenters. The Morgan fingerprint density at radius 3 is 0.849 bits per heavy atom. The van der Waals surface area contributed by atoms with Crippen molar-refractivity contribution in [1.29, 1.82) is 0 Å². The van der Waals surface area contributed by atoms with Gasteiger partial charge in [0.2, 0.25) is 0 Å². The highest BCUT2D eigenvalue weighted by molar-refractivity contribution is 7.25. The summed E-state index contributed by atoms with van der Waals surface area (Å²) in [5.41, 5.74) is 26.3. The molecule has 0 fully saturated rings. The summed E-state index contributed by atoms with van der Waals surface area (Å²) in [7, 11) is 0. The summed E-state index contributed by atoms with van der Waals surface area (Å²) in [6, 6.07) is 76.9. The quantitative estimate of drug-likeness (QED) is 0.128. The highest BCUT2D eigenvalue weighted by atomic mass is 32.1. The molecule has 0 radical (unpaired) electrons. The highest BCUT2D eigenvalue weighted by Gasteiger charge is 2.21. The van der Waals surface area contributed by atoms with E-state index in [1.165, 1.54) is 110 Å². The van der Waals surface area contributed by atoms with E-state index in [1.54, 1.807) is 0 Å². The number of aryl methyl sites for hydroxylation is 9. The third-order valence-electron chi connectivity index (χ3n) is 14.4. The van der Waals surface area contributed by atoms with Gasteiger partial charge in [-0.2, -0.15) is 0 Å². The first-order valence-corrected chi connectivity index (χ1v) is 26.2. The van der Waals surface area contributed by atoms with Crippen LogP contribution in [0.5, 0.6) is 0 Å². The van der Waals surface area contributed by atoms with Crippen molar-refractivity contribution in [3.8, 4) is 22.3 Å². The summed E-state index contributed by atoms with van der Waals surface area (Å²) in [6.45, 7) is 19.7. The van der Waals surface area contributed by atoms with Crippen LogP contribution in [-0.2, 0) is 0 Å². The van der Waals surface area contributed by atoms with E-state index in [0.29, 0.717) is 0 Å². The molecule has 0 aliphatic heterocycles. The molecule has 11 rings (SSSR count). The molecular formula is C69H61N3S. The van der Waals surface area contributed by atoms with Gasteiger partial charge in [0.25, 0.3) is 0 Å². The lowest BCUT2D eigenvalue weighted by atomic mass is 10.0. The largest absolute Gasteiger partial charge is 0.310 e. The van der Waals surface area contributed by atoms with Crippen LogP contribution in [0.25, 0.3) is 42.4 Å². The number of thiophene rings is 1. The maximum absolute atomic E-state index is 2.41. The van der Waals surface area contributed by atoms with E-state index in [9.17, 15) is 0 Å². The van der Waals surface area contributed by atoms with Gasteiger partial charge in [-0.1, -0.05) is 131 Å². The highest BCUT2D eigenvalue weighted by Crippen LogP contribution is 2.44. The number of anilines is 9. The van der Waals surface area contributed by atoms with E-state index < -0.39 is 0 Å². The van der Waals surface area contributed by atoms with Gasteiger partial charge in [0.1, 0.15) is 0 Å². The minimum absolute atomic E-state index is 1.11. The molecule has 0 amide bonds. The Bertz CT molecular complexity index is 3770. The predicted octanol–water partition coefficient (Wildman–Crippen LogP) is 20.6. The number of fused-ring (bicyclic) bond motifs is 3. The molecule has 0 aliphatic carbocycles. The van der Waals surface area contributed by atoms with E-state index in [-0.39, 0.29) is 0 Å². The van der Waals surface area contributed by atoms with Crippen LogP contribution >= 0.6 is 11.3 Å². The third kappa shape index (κ3) is 9.31. The van der Waals surface area contributed by atoms with Crippen molar-refractivity contribution < 1.29 is 0 Å². The second kappa shape index (κ2) is 19.4. The van der Waals surface area contributed by atoms with Crippen molar-refractivity contribution >= 4 is 82.7 Å². The monoisotopic (exact) mass is 963 g/mol. The van der Waals surface area contributed by atoms with Crippen molar-refractivity contribution in [3.05, 3.63) is 256 Å². The Morgan fingerprint density at radius 2 is 0.493 bits per heavy atom. The summed E-state index contributed by atoms with van der Waals surface area (Å²) in [4.78, 5) is 7.20. The van der Waals surface area contributed by atoms with Crippen LogP contribution in [0.2, 0.25) is 0 Å². The van der Waals surface area contributed by atoms with Crippen LogP contribution in [0, 0.1) is 62.3 Å². The van der Waals surface area contributed by atoms with Gasteiger partial charge in [-0.25, -0.2) is 0 Å². The fraction of sp³-hybridized carbons (Fsp3) is 0.130. The molecule has 10 aromatic carbocycles. The topological polar surface area (TPSA) is 9.72 Å². The van der Waals surface area contributed by atoms with Gasteiger partial charge in [-0.05, 0) is 210 Å². The summed E-state index contributed by atoms with van der Waals surface area (Å²) in [5.74, 6) is 0. The number of nitrogens with zero attached hydrogens (tertiary/aromatic N) is 3. The molecule has 0 aliphatic rings. The van der Waals surface area contributed by atoms with Crippen LogP contribution in [0.3, 0.4) is 0 Å². The van der Waals surface area contributed by atoms with Crippen LogP contribution in [-0.4, -0.2) is 0 Å². The molecule has 0 spiro atoms. The van der Waals surface area contributed by atoms with Gasteiger partial charge in [0.15, 0.2) is 0 Å². The Labute approximate surface area is 435 Å². The predicted molar refractivity (Wildman–Crippen MR) is 317 cm³/mol. The summed E-state index contributed by atoms with van der Waals surface area (Å²) in [5, 5.41) is 2.62. The van der Waals surface area contributed by atoms with Crippen LogP contribution in [0.15, 0.2) is 206 Å². The Hall–Kier alpha value is -8.18. The molecule has 4 heteroatoms. The first-order valence-electron chi connectivity index (χ1n) is 25.4. The minimum atomic E-state index is 1.11. The van der Waals surface area contributed by atoms with E-state index in [0.717, 1.165) is 34.1 Å². The zero-order valence-corrected chi connectivity index (χ0v) is 44.2. The average Bonchev–Trinajstić information content (AvgIpc) is 3.74. The Balaban J connectivity index is 0.894. The molecule has 358 valence electrons. The Morgan fingerprint density at radius 1 is 0.233 bits per heavy atom. The summed E-state index contributed by atoms with van der Waals surface area (Å²) in [6.07, 6.45) is 0. The second-order valence-electron chi connectivity index (χ2n) is 20.1. The van der Waals surface area contributed by atoms with Gasteiger partial charge in [0.05, 0.1) is 0 Å². The first kappa shape index (κ1) is 47.2. The van der Waals surface area contributed by atoms with Crippen molar-refractivity contribution in [1.82, 2.24) is 0 Å². The molecule has 0 saturated heterocycles. The zero-order valence-electron chi connectivity index (χ0n) is 43.4. The number of hydrogen-bond donors (Lipinski definition) is 0. The van der Waals surface area contributed by atoms with Crippen molar-refractivity contribution in [2.24, 2.45) is 0 Å². The fourth-order valence-electron chi connectivity index (χ4n) is 10.7.